The highest BCUT2D eigenvalue weighted by atomic mass is 16.5. The summed E-state index contributed by atoms with van der Waals surface area (Å²) in [5, 5.41) is 6.53. The normalized spacial score (nSPS) is 11.8. The second kappa shape index (κ2) is 8.46. The molecule has 2 amide bonds. The number of pyridine rings is 1. The molecule has 0 fully saturated rings. The highest BCUT2D eigenvalue weighted by Gasteiger charge is 2.13. The van der Waals surface area contributed by atoms with Crippen LogP contribution in [-0.4, -0.2) is 36.5 Å². The predicted octanol–water partition coefficient (Wildman–Crippen LogP) is 2.59. The number of benzene rings is 1. The van der Waals surface area contributed by atoms with E-state index in [1.807, 2.05) is 38.1 Å². The molecule has 0 saturated heterocycles. The third kappa shape index (κ3) is 4.92. The Kier molecular flexibility index (Phi) is 6.33. The first-order valence-corrected chi connectivity index (χ1v) is 8.47. The fourth-order valence-electron chi connectivity index (χ4n) is 2.43. The zero-order valence-electron chi connectivity index (χ0n) is 15.2. The number of rotatable bonds is 7. The van der Waals surface area contributed by atoms with E-state index in [1.54, 1.807) is 14.0 Å². The Hall–Kier alpha value is -2.63. The van der Waals surface area contributed by atoms with Gasteiger partial charge in [-0.05, 0) is 38.5 Å². The van der Waals surface area contributed by atoms with Crippen LogP contribution < -0.4 is 15.4 Å². The molecule has 6 nitrogen and oxygen atoms in total. The minimum atomic E-state index is -0.223. The van der Waals surface area contributed by atoms with Gasteiger partial charge in [0.15, 0.2) is 0 Å². The summed E-state index contributed by atoms with van der Waals surface area (Å²) in [6.45, 7) is 6.05. The zero-order valence-corrected chi connectivity index (χ0v) is 15.2. The summed E-state index contributed by atoms with van der Waals surface area (Å²) in [5.74, 6) is 0.443. The van der Waals surface area contributed by atoms with Crippen molar-refractivity contribution in [1.82, 2.24) is 15.6 Å². The van der Waals surface area contributed by atoms with Gasteiger partial charge in [-0.3, -0.25) is 14.6 Å². The van der Waals surface area contributed by atoms with Crippen molar-refractivity contribution in [2.24, 2.45) is 0 Å². The van der Waals surface area contributed by atoms with Gasteiger partial charge in [0.1, 0.15) is 5.75 Å². The number of nitrogens with zero attached hydrogens (tertiary/aromatic N) is 1. The van der Waals surface area contributed by atoms with Crippen LogP contribution in [0.5, 0.6) is 5.75 Å². The molecular formula is C19H25N3O3. The Balaban J connectivity index is 2.02. The molecule has 1 atom stereocenters. The number of fused-ring (bicyclic) bond motifs is 1. The highest BCUT2D eigenvalue weighted by Crippen LogP contribution is 2.21. The van der Waals surface area contributed by atoms with Gasteiger partial charge in [-0.25, -0.2) is 0 Å². The van der Waals surface area contributed by atoms with Crippen LogP contribution in [0, 0.1) is 6.92 Å². The Morgan fingerprint density at radius 1 is 1.28 bits per heavy atom. The molecule has 0 bridgehead atoms. The van der Waals surface area contributed by atoms with Crippen LogP contribution in [0.4, 0.5) is 0 Å². The predicted molar refractivity (Wildman–Crippen MR) is 97.9 cm³/mol. The van der Waals surface area contributed by atoms with E-state index >= 15 is 0 Å². The molecule has 0 spiro atoms. The van der Waals surface area contributed by atoms with Gasteiger partial charge in [0.2, 0.25) is 5.91 Å². The van der Waals surface area contributed by atoms with E-state index in [0.717, 1.165) is 23.1 Å². The maximum atomic E-state index is 12.4. The summed E-state index contributed by atoms with van der Waals surface area (Å²) in [4.78, 5) is 28.6. The smallest absolute Gasteiger partial charge is 0.253 e. The monoisotopic (exact) mass is 343 g/mol. The molecule has 25 heavy (non-hydrogen) atoms. The molecule has 0 unspecified atom stereocenters. The van der Waals surface area contributed by atoms with Gasteiger partial charge < -0.3 is 15.4 Å². The van der Waals surface area contributed by atoms with E-state index in [9.17, 15) is 9.59 Å². The molecule has 2 rings (SSSR count). The zero-order chi connectivity index (χ0) is 18.4. The number of hydrogen-bond acceptors (Lipinski definition) is 4. The van der Waals surface area contributed by atoms with Gasteiger partial charge in [0, 0.05) is 30.5 Å². The van der Waals surface area contributed by atoms with Crippen molar-refractivity contribution in [3.8, 4) is 5.75 Å². The van der Waals surface area contributed by atoms with Crippen LogP contribution in [-0.2, 0) is 4.79 Å². The van der Waals surface area contributed by atoms with Crippen molar-refractivity contribution in [2.45, 2.75) is 39.7 Å². The van der Waals surface area contributed by atoms with E-state index in [4.69, 9.17) is 4.74 Å². The topological polar surface area (TPSA) is 80.3 Å². The van der Waals surface area contributed by atoms with E-state index in [2.05, 4.69) is 15.6 Å². The minimum Gasteiger partial charge on any atom is -0.497 e. The molecule has 0 aliphatic carbocycles. The Morgan fingerprint density at radius 2 is 2.04 bits per heavy atom. The molecule has 134 valence electrons. The summed E-state index contributed by atoms with van der Waals surface area (Å²) < 4.78 is 5.19. The SMILES string of the molecule is CC[C@@H](C)NC(=O)CCNC(=O)c1cc2ccc(OC)cc2nc1C. The first-order valence-electron chi connectivity index (χ1n) is 8.47. The molecule has 1 aromatic carbocycles. The van der Waals surface area contributed by atoms with Crippen molar-refractivity contribution >= 4 is 22.7 Å². The average molecular weight is 343 g/mol. The third-order valence-electron chi connectivity index (χ3n) is 4.12. The molecule has 0 aliphatic heterocycles. The van der Waals surface area contributed by atoms with Gasteiger partial charge in [0.25, 0.3) is 5.91 Å². The molecule has 2 N–H and O–H groups in total. The molecule has 0 aliphatic rings. The van der Waals surface area contributed by atoms with E-state index < -0.39 is 0 Å². The molecule has 0 radical (unpaired) electrons. The van der Waals surface area contributed by atoms with E-state index in [0.29, 0.717) is 17.8 Å². The van der Waals surface area contributed by atoms with Gasteiger partial charge >= 0.3 is 0 Å². The van der Waals surface area contributed by atoms with Gasteiger partial charge in [-0.15, -0.1) is 0 Å². The molecule has 2 aromatic rings. The third-order valence-corrected chi connectivity index (χ3v) is 4.12. The lowest BCUT2D eigenvalue weighted by molar-refractivity contribution is -0.121. The van der Waals surface area contributed by atoms with E-state index in [1.165, 1.54) is 0 Å². The second-order valence-corrected chi connectivity index (χ2v) is 6.06. The van der Waals surface area contributed by atoms with E-state index in [-0.39, 0.29) is 24.3 Å². The number of ether oxygens (including phenoxy) is 1. The number of aryl methyl sites for hydroxylation is 1. The van der Waals surface area contributed by atoms with Crippen LogP contribution in [0.2, 0.25) is 0 Å². The molecule has 1 heterocycles. The van der Waals surface area contributed by atoms with Crippen molar-refractivity contribution in [3.63, 3.8) is 0 Å². The molecule has 1 aromatic heterocycles. The summed E-state index contributed by atoms with van der Waals surface area (Å²) in [6, 6.07) is 7.50. The molecule has 6 heteroatoms. The van der Waals surface area contributed by atoms with Crippen molar-refractivity contribution in [1.29, 1.82) is 0 Å². The van der Waals surface area contributed by atoms with Gasteiger partial charge in [-0.2, -0.15) is 0 Å². The van der Waals surface area contributed by atoms with Gasteiger partial charge in [-0.1, -0.05) is 6.92 Å². The lowest BCUT2D eigenvalue weighted by Crippen LogP contribution is -2.35. The quantitative estimate of drug-likeness (QED) is 0.810. The fourth-order valence-corrected chi connectivity index (χ4v) is 2.43. The Bertz CT molecular complexity index is 774. The fraction of sp³-hybridized carbons (Fsp3) is 0.421. The Labute approximate surface area is 148 Å². The minimum absolute atomic E-state index is 0.0601. The average Bonchev–Trinajstić information content (AvgIpc) is 2.60. The number of amides is 2. The van der Waals surface area contributed by atoms with Crippen molar-refractivity contribution < 1.29 is 14.3 Å². The maximum absolute atomic E-state index is 12.4. The van der Waals surface area contributed by atoms with Crippen LogP contribution in [0.25, 0.3) is 10.9 Å². The van der Waals surface area contributed by atoms with Crippen LogP contribution in [0.3, 0.4) is 0 Å². The van der Waals surface area contributed by atoms with Crippen molar-refractivity contribution in [2.75, 3.05) is 13.7 Å². The lowest BCUT2D eigenvalue weighted by atomic mass is 10.1. The number of methoxy groups -OCH3 is 1. The first-order chi connectivity index (χ1) is 11.9. The van der Waals surface area contributed by atoms with Gasteiger partial charge in [0.05, 0.1) is 23.9 Å². The maximum Gasteiger partial charge on any atom is 0.253 e. The summed E-state index contributed by atoms with van der Waals surface area (Å²) in [7, 11) is 1.60. The number of carbonyl (C=O) groups excluding carboxylic acids is 2. The number of nitrogens with one attached hydrogen (secondary N) is 2. The number of hydrogen-bond donors (Lipinski definition) is 2. The highest BCUT2D eigenvalue weighted by molar-refractivity contribution is 5.99. The second-order valence-electron chi connectivity index (χ2n) is 6.06. The number of aromatic nitrogens is 1. The summed E-state index contributed by atoms with van der Waals surface area (Å²) >= 11 is 0. The Morgan fingerprint density at radius 3 is 2.72 bits per heavy atom. The largest absolute Gasteiger partial charge is 0.497 e. The molecular weight excluding hydrogens is 318 g/mol. The number of carbonyl (C=O) groups is 2. The van der Waals surface area contributed by atoms with Crippen LogP contribution in [0.1, 0.15) is 42.7 Å². The molecule has 0 saturated carbocycles. The standard InChI is InChI=1S/C19H25N3O3/c1-5-12(2)21-18(23)8-9-20-19(24)16-10-14-6-7-15(25-4)11-17(14)22-13(16)3/h6-7,10-12H,5,8-9H2,1-4H3,(H,20,24)(H,21,23)/t12-/m1/s1. The van der Waals surface area contributed by atoms with Crippen LogP contribution in [0.15, 0.2) is 24.3 Å². The lowest BCUT2D eigenvalue weighted by Gasteiger charge is -2.12. The first kappa shape index (κ1) is 18.7. The summed E-state index contributed by atoms with van der Waals surface area (Å²) in [6.07, 6.45) is 1.14. The van der Waals surface area contributed by atoms with Crippen LogP contribution >= 0.6 is 0 Å². The van der Waals surface area contributed by atoms with Crippen molar-refractivity contribution in [3.05, 3.63) is 35.5 Å². The summed E-state index contributed by atoms with van der Waals surface area (Å²) in [5.41, 5.74) is 1.93.